The van der Waals surface area contributed by atoms with Crippen molar-refractivity contribution in [1.82, 2.24) is 15.2 Å². The first-order chi connectivity index (χ1) is 9.99. The summed E-state index contributed by atoms with van der Waals surface area (Å²) in [6.07, 6.45) is 3.40. The molecule has 1 aromatic heterocycles. The zero-order chi connectivity index (χ0) is 15.4. The molecule has 0 bridgehead atoms. The number of rotatable bonds is 5. The third kappa shape index (κ3) is 3.66. The van der Waals surface area contributed by atoms with Gasteiger partial charge >= 0.3 is 0 Å². The lowest BCUT2D eigenvalue weighted by atomic mass is 10.2. The topological polar surface area (TPSA) is 114 Å². The van der Waals surface area contributed by atoms with Gasteiger partial charge in [0, 0.05) is 18.7 Å². The number of carbonyl (C=O) groups excluding carboxylic acids is 1. The number of hydrogen-bond acceptors (Lipinski definition) is 6. The minimum Gasteiger partial charge on any atom is -0.383 e. The van der Waals surface area contributed by atoms with Gasteiger partial charge in [-0.1, -0.05) is 0 Å². The normalized spacial score (nSPS) is 16.6. The summed E-state index contributed by atoms with van der Waals surface area (Å²) in [4.78, 5) is 28.2. The largest absolute Gasteiger partial charge is 0.383 e. The Balaban J connectivity index is 1.99. The summed E-state index contributed by atoms with van der Waals surface area (Å²) in [5, 5.41) is 13.5. The molecule has 3 N–H and O–H groups in total. The molecule has 1 saturated heterocycles. The van der Waals surface area contributed by atoms with E-state index >= 15 is 0 Å². The number of hydrogen-bond donors (Lipinski definition) is 2. The SMILES string of the molecule is CC(CNC(=O)c1cc([N+](=O)[O-])cnc1N)N1CCCC1. The quantitative estimate of drug-likeness (QED) is 0.612. The smallest absolute Gasteiger partial charge is 0.288 e. The molecule has 1 aliphatic rings. The Hall–Kier alpha value is -2.22. The maximum absolute atomic E-state index is 12.1. The standard InChI is InChI=1S/C13H19N5O3/c1-9(17-4-2-3-5-17)7-16-13(19)11-6-10(18(20)21)8-15-12(11)14/h6,8-9H,2-5,7H2,1H3,(H2,14,15)(H,16,19). The Kier molecular flexibility index (Phi) is 4.69. The van der Waals surface area contributed by atoms with Crippen LogP contribution in [0.2, 0.25) is 0 Å². The van der Waals surface area contributed by atoms with Gasteiger partial charge in [-0.15, -0.1) is 0 Å². The second kappa shape index (κ2) is 6.49. The minimum absolute atomic E-state index is 0.00748. The van der Waals surface area contributed by atoms with Gasteiger partial charge in [0.05, 0.1) is 10.5 Å². The van der Waals surface area contributed by atoms with Crippen molar-refractivity contribution in [3.63, 3.8) is 0 Å². The fourth-order valence-electron chi connectivity index (χ4n) is 2.39. The molecule has 114 valence electrons. The highest BCUT2D eigenvalue weighted by Gasteiger charge is 2.20. The molecule has 0 aromatic carbocycles. The van der Waals surface area contributed by atoms with Crippen LogP contribution in [0.5, 0.6) is 0 Å². The minimum atomic E-state index is -0.601. The van der Waals surface area contributed by atoms with Crippen molar-refractivity contribution in [1.29, 1.82) is 0 Å². The van der Waals surface area contributed by atoms with Crippen LogP contribution in [0, 0.1) is 10.1 Å². The molecule has 1 amide bonds. The summed E-state index contributed by atoms with van der Waals surface area (Å²) in [6.45, 7) is 4.59. The van der Waals surface area contributed by atoms with Crippen LogP contribution in [0.1, 0.15) is 30.1 Å². The summed E-state index contributed by atoms with van der Waals surface area (Å²) >= 11 is 0. The summed E-state index contributed by atoms with van der Waals surface area (Å²) < 4.78 is 0. The van der Waals surface area contributed by atoms with Crippen LogP contribution in [0.4, 0.5) is 11.5 Å². The van der Waals surface area contributed by atoms with Crippen LogP contribution < -0.4 is 11.1 Å². The molecule has 8 heteroatoms. The van der Waals surface area contributed by atoms with Crippen molar-refractivity contribution in [2.24, 2.45) is 0 Å². The Morgan fingerprint density at radius 3 is 2.86 bits per heavy atom. The van der Waals surface area contributed by atoms with Gasteiger partial charge in [0.25, 0.3) is 11.6 Å². The number of nitrogens with zero attached hydrogens (tertiary/aromatic N) is 3. The van der Waals surface area contributed by atoms with Crippen molar-refractivity contribution < 1.29 is 9.72 Å². The zero-order valence-electron chi connectivity index (χ0n) is 11.9. The van der Waals surface area contributed by atoms with Gasteiger partial charge in [0.1, 0.15) is 12.0 Å². The maximum atomic E-state index is 12.1. The number of amides is 1. The van der Waals surface area contributed by atoms with Crippen LogP contribution in [0.15, 0.2) is 12.3 Å². The van der Waals surface area contributed by atoms with Gasteiger partial charge in [-0.2, -0.15) is 0 Å². The van der Waals surface area contributed by atoms with E-state index in [-0.39, 0.29) is 23.1 Å². The Morgan fingerprint density at radius 1 is 1.57 bits per heavy atom. The van der Waals surface area contributed by atoms with Crippen LogP contribution >= 0.6 is 0 Å². The molecule has 1 aromatic rings. The summed E-state index contributed by atoms with van der Waals surface area (Å²) in [5.74, 6) is -0.443. The maximum Gasteiger partial charge on any atom is 0.288 e. The van der Waals surface area contributed by atoms with E-state index in [1.54, 1.807) is 0 Å². The molecule has 0 spiro atoms. The molecule has 0 radical (unpaired) electrons. The average molecular weight is 293 g/mol. The van der Waals surface area contributed by atoms with Crippen LogP contribution in [-0.4, -0.2) is 46.4 Å². The number of pyridine rings is 1. The van der Waals surface area contributed by atoms with Gasteiger partial charge in [-0.25, -0.2) is 4.98 Å². The van der Waals surface area contributed by atoms with Crippen molar-refractivity contribution in [3.8, 4) is 0 Å². The predicted molar refractivity (Wildman–Crippen MR) is 77.9 cm³/mol. The summed E-state index contributed by atoms with van der Waals surface area (Å²) in [6, 6.07) is 1.38. The van der Waals surface area contributed by atoms with E-state index in [2.05, 4.69) is 15.2 Å². The van der Waals surface area contributed by atoms with E-state index < -0.39 is 10.8 Å². The molecule has 1 fully saturated rings. The van der Waals surface area contributed by atoms with Crippen LogP contribution in [0.3, 0.4) is 0 Å². The predicted octanol–water partition coefficient (Wildman–Crippen LogP) is 0.786. The van der Waals surface area contributed by atoms with Crippen molar-refractivity contribution in [3.05, 3.63) is 27.9 Å². The number of aromatic nitrogens is 1. The summed E-state index contributed by atoms with van der Waals surface area (Å²) in [7, 11) is 0. The zero-order valence-corrected chi connectivity index (χ0v) is 11.9. The number of nitrogen functional groups attached to an aromatic ring is 1. The Bertz CT molecular complexity index is 543. The first-order valence-corrected chi connectivity index (χ1v) is 6.91. The highest BCUT2D eigenvalue weighted by atomic mass is 16.6. The lowest BCUT2D eigenvalue weighted by Crippen LogP contribution is -2.40. The van der Waals surface area contributed by atoms with Crippen LogP contribution in [0.25, 0.3) is 0 Å². The number of nitrogens with one attached hydrogen (secondary N) is 1. The summed E-state index contributed by atoms with van der Waals surface area (Å²) in [5.41, 5.74) is 5.41. The Morgan fingerprint density at radius 2 is 2.24 bits per heavy atom. The van der Waals surface area contributed by atoms with Gasteiger partial charge in [-0.3, -0.25) is 19.8 Å². The molecule has 1 atom stereocenters. The van der Waals surface area contributed by atoms with E-state index in [1.807, 2.05) is 6.92 Å². The Labute approximate surface area is 122 Å². The van der Waals surface area contributed by atoms with E-state index in [1.165, 1.54) is 12.8 Å². The van der Waals surface area contributed by atoms with Gasteiger partial charge in [0.2, 0.25) is 0 Å². The molecule has 2 rings (SSSR count). The van der Waals surface area contributed by atoms with E-state index in [4.69, 9.17) is 5.73 Å². The number of anilines is 1. The monoisotopic (exact) mass is 293 g/mol. The highest BCUT2D eigenvalue weighted by Crippen LogP contribution is 2.17. The second-order valence-corrected chi connectivity index (χ2v) is 5.19. The molecule has 0 aliphatic carbocycles. The number of likely N-dealkylation sites (tertiary alicyclic amines) is 1. The molecule has 8 nitrogen and oxygen atoms in total. The molecular formula is C13H19N5O3. The average Bonchev–Trinajstić information content (AvgIpc) is 2.98. The molecule has 1 aliphatic heterocycles. The van der Waals surface area contributed by atoms with Crippen molar-refractivity contribution >= 4 is 17.4 Å². The van der Waals surface area contributed by atoms with Gasteiger partial charge < -0.3 is 11.1 Å². The fourth-order valence-corrected chi connectivity index (χ4v) is 2.39. The second-order valence-electron chi connectivity index (χ2n) is 5.19. The molecule has 0 saturated carbocycles. The van der Waals surface area contributed by atoms with Gasteiger partial charge in [0.15, 0.2) is 0 Å². The first-order valence-electron chi connectivity index (χ1n) is 6.91. The van der Waals surface area contributed by atoms with E-state index in [0.29, 0.717) is 6.54 Å². The molecule has 1 unspecified atom stereocenters. The van der Waals surface area contributed by atoms with Crippen molar-refractivity contribution in [2.75, 3.05) is 25.4 Å². The highest BCUT2D eigenvalue weighted by molar-refractivity contribution is 5.98. The first kappa shape index (κ1) is 15.2. The molecule has 2 heterocycles. The number of nitrogens with two attached hydrogens (primary N) is 1. The molecular weight excluding hydrogens is 274 g/mol. The fraction of sp³-hybridized carbons (Fsp3) is 0.538. The number of nitro groups is 1. The lowest BCUT2D eigenvalue weighted by Gasteiger charge is -2.23. The number of carbonyl (C=O) groups is 1. The van der Waals surface area contributed by atoms with E-state index in [9.17, 15) is 14.9 Å². The third-order valence-electron chi connectivity index (χ3n) is 3.68. The van der Waals surface area contributed by atoms with Crippen LogP contribution in [-0.2, 0) is 0 Å². The van der Waals surface area contributed by atoms with Crippen molar-refractivity contribution in [2.45, 2.75) is 25.8 Å². The lowest BCUT2D eigenvalue weighted by molar-refractivity contribution is -0.385. The van der Waals surface area contributed by atoms with E-state index in [0.717, 1.165) is 25.4 Å². The molecule has 21 heavy (non-hydrogen) atoms. The van der Waals surface area contributed by atoms with Gasteiger partial charge in [-0.05, 0) is 32.9 Å². The third-order valence-corrected chi connectivity index (χ3v) is 3.68.